The number of carbonyl (C=O) groups is 1. The van der Waals surface area contributed by atoms with E-state index in [4.69, 9.17) is 11.6 Å². The van der Waals surface area contributed by atoms with Crippen molar-refractivity contribution >= 4 is 17.5 Å². The molecule has 0 heterocycles. The van der Waals surface area contributed by atoms with Gasteiger partial charge >= 0.3 is 0 Å². The summed E-state index contributed by atoms with van der Waals surface area (Å²) >= 11 is 5.99. The van der Waals surface area contributed by atoms with E-state index in [1.165, 1.54) is 25.7 Å². The van der Waals surface area contributed by atoms with Gasteiger partial charge < -0.3 is 10.6 Å². The standard InChI is InChI=1S/C17H25ClN2O/c1-13(14-7-6-8-15(18)11-14)19-12-17(21)20-16-9-4-2-3-5-10-16/h6-8,11,13,16,19H,2-5,9-10,12H2,1H3,(H,20,21)/t13-/m1/s1. The van der Waals surface area contributed by atoms with Crippen molar-refractivity contribution in [2.24, 2.45) is 0 Å². The molecule has 0 spiro atoms. The van der Waals surface area contributed by atoms with E-state index >= 15 is 0 Å². The lowest BCUT2D eigenvalue weighted by Gasteiger charge is -2.18. The molecule has 0 aromatic heterocycles. The van der Waals surface area contributed by atoms with E-state index in [-0.39, 0.29) is 11.9 Å². The summed E-state index contributed by atoms with van der Waals surface area (Å²) < 4.78 is 0. The largest absolute Gasteiger partial charge is 0.352 e. The fourth-order valence-corrected chi connectivity index (χ4v) is 3.04. The summed E-state index contributed by atoms with van der Waals surface area (Å²) in [7, 11) is 0. The molecule has 1 atom stereocenters. The van der Waals surface area contributed by atoms with Gasteiger partial charge in [0.1, 0.15) is 0 Å². The Labute approximate surface area is 132 Å². The van der Waals surface area contributed by atoms with Crippen molar-refractivity contribution in [1.29, 1.82) is 0 Å². The highest BCUT2D eigenvalue weighted by atomic mass is 35.5. The highest BCUT2D eigenvalue weighted by Gasteiger charge is 2.15. The Balaban J connectivity index is 1.75. The number of amides is 1. The van der Waals surface area contributed by atoms with Gasteiger partial charge in [0, 0.05) is 17.1 Å². The molecule has 0 bridgehead atoms. The average molecular weight is 309 g/mol. The zero-order valence-corrected chi connectivity index (χ0v) is 13.5. The lowest BCUT2D eigenvalue weighted by atomic mass is 10.1. The third kappa shape index (κ3) is 5.68. The van der Waals surface area contributed by atoms with Gasteiger partial charge in [-0.2, -0.15) is 0 Å². The molecule has 0 saturated heterocycles. The Bertz CT molecular complexity index is 456. The Morgan fingerprint density at radius 1 is 1.29 bits per heavy atom. The summed E-state index contributed by atoms with van der Waals surface area (Å²) in [5.41, 5.74) is 1.10. The predicted octanol–water partition coefficient (Wildman–Crippen LogP) is 3.83. The molecule has 0 radical (unpaired) electrons. The molecule has 1 aromatic carbocycles. The molecule has 1 fully saturated rings. The lowest BCUT2D eigenvalue weighted by Crippen LogP contribution is -2.40. The Kier molecular flexibility index (Phi) is 6.52. The fraction of sp³-hybridized carbons (Fsp3) is 0.588. The second kappa shape index (κ2) is 8.40. The SMILES string of the molecule is C[C@@H](NCC(=O)NC1CCCCCC1)c1cccc(Cl)c1. The van der Waals surface area contributed by atoms with Crippen molar-refractivity contribution in [2.45, 2.75) is 57.5 Å². The van der Waals surface area contributed by atoms with Gasteiger partial charge in [-0.05, 0) is 37.5 Å². The number of benzene rings is 1. The summed E-state index contributed by atoms with van der Waals surface area (Å²) in [4.78, 5) is 12.0. The Morgan fingerprint density at radius 3 is 2.67 bits per heavy atom. The number of hydrogen-bond donors (Lipinski definition) is 2. The first kappa shape index (κ1) is 16.3. The van der Waals surface area contributed by atoms with E-state index in [1.54, 1.807) is 0 Å². The maximum atomic E-state index is 12.0. The maximum absolute atomic E-state index is 12.0. The molecule has 1 amide bonds. The molecule has 0 unspecified atom stereocenters. The topological polar surface area (TPSA) is 41.1 Å². The van der Waals surface area contributed by atoms with Crippen molar-refractivity contribution in [1.82, 2.24) is 10.6 Å². The van der Waals surface area contributed by atoms with Crippen LogP contribution in [0.15, 0.2) is 24.3 Å². The van der Waals surface area contributed by atoms with Gasteiger partial charge in [-0.25, -0.2) is 0 Å². The van der Waals surface area contributed by atoms with Gasteiger partial charge in [0.15, 0.2) is 0 Å². The van der Waals surface area contributed by atoms with Gasteiger partial charge in [-0.15, -0.1) is 0 Å². The van der Waals surface area contributed by atoms with E-state index in [0.29, 0.717) is 12.6 Å². The van der Waals surface area contributed by atoms with Gasteiger partial charge in [0.25, 0.3) is 0 Å². The first-order valence-electron chi connectivity index (χ1n) is 7.93. The van der Waals surface area contributed by atoms with Gasteiger partial charge in [-0.1, -0.05) is 49.4 Å². The van der Waals surface area contributed by atoms with Crippen LogP contribution in [-0.2, 0) is 4.79 Å². The van der Waals surface area contributed by atoms with Crippen LogP contribution in [-0.4, -0.2) is 18.5 Å². The minimum atomic E-state index is 0.0933. The Morgan fingerprint density at radius 2 is 2.00 bits per heavy atom. The van der Waals surface area contributed by atoms with E-state index in [1.807, 2.05) is 31.2 Å². The maximum Gasteiger partial charge on any atom is 0.234 e. The van der Waals surface area contributed by atoms with Crippen molar-refractivity contribution in [3.63, 3.8) is 0 Å². The second-order valence-corrected chi connectivity index (χ2v) is 6.35. The number of hydrogen-bond acceptors (Lipinski definition) is 2. The molecule has 1 saturated carbocycles. The molecule has 2 rings (SSSR count). The molecule has 1 aliphatic rings. The van der Waals surface area contributed by atoms with Crippen LogP contribution < -0.4 is 10.6 Å². The number of nitrogens with one attached hydrogen (secondary N) is 2. The zero-order valence-electron chi connectivity index (χ0n) is 12.7. The first-order chi connectivity index (χ1) is 10.1. The van der Waals surface area contributed by atoms with E-state index in [9.17, 15) is 4.79 Å². The van der Waals surface area contributed by atoms with Gasteiger partial charge in [-0.3, -0.25) is 4.79 Å². The molecule has 3 nitrogen and oxygen atoms in total. The quantitative estimate of drug-likeness (QED) is 0.812. The second-order valence-electron chi connectivity index (χ2n) is 5.91. The number of rotatable bonds is 5. The van der Waals surface area contributed by atoms with Crippen LogP contribution in [0, 0.1) is 0 Å². The van der Waals surface area contributed by atoms with Gasteiger partial charge in [0.2, 0.25) is 5.91 Å². The first-order valence-corrected chi connectivity index (χ1v) is 8.31. The van der Waals surface area contributed by atoms with Crippen LogP contribution in [0.4, 0.5) is 0 Å². The highest BCUT2D eigenvalue weighted by Crippen LogP contribution is 2.18. The molecule has 1 aliphatic carbocycles. The minimum Gasteiger partial charge on any atom is -0.352 e. The van der Waals surface area contributed by atoms with E-state index in [0.717, 1.165) is 23.4 Å². The van der Waals surface area contributed by atoms with Crippen LogP contribution in [0.5, 0.6) is 0 Å². The van der Waals surface area contributed by atoms with Crippen molar-refractivity contribution in [3.8, 4) is 0 Å². The van der Waals surface area contributed by atoms with Crippen LogP contribution >= 0.6 is 11.6 Å². The molecular weight excluding hydrogens is 284 g/mol. The van der Waals surface area contributed by atoms with Crippen LogP contribution in [0.25, 0.3) is 0 Å². The average Bonchev–Trinajstić information content (AvgIpc) is 2.73. The van der Waals surface area contributed by atoms with Crippen molar-refractivity contribution in [3.05, 3.63) is 34.9 Å². The molecule has 2 N–H and O–H groups in total. The molecular formula is C17H25ClN2O. The lowest BCUT2D eigenvalue weighted by molar-refractivity contribution is -0.121. The number of carbonyl (C=O) groups excluding carboxylic acids is 1. The van der Waals surface area contributed by atoms with E-state index in [2.05, 4.69) is 10.6 Å². The van der Waals surface area contributed by atoms with E-state index < -0.39 is 0 Å². The smallest absolute Gasteiger partial charge is 0.234 e. The van der Waals surface area contributed by atoms with Crippen LogP contribution in [0.3, 0.4) is 0 Å². The van der Waals surface area contributed by atoms with Crippen LogP contribution in [0.2, 0.25) is 5.02 Å². The molecule has 0 aliphatic heterocycles. The number of halogens is 1. The predicted molar refractivity (Wildman–Crippen MR) is 87.5 cm³/mol. The molecule has 4 heteroatoms. The Hall–Kier alpha value is -1.06. The van der Waals surface area contributed by atoms with Crippen LogP contribution in [0.1, 0.15) is 57.1 Å². The zero-order chi connectivity index (χ0) is 15.1. The summed E-state index contributed by atoms with van der Waals surface area (Å²) in [6.45, 7) is 2.40. The normalized spacial score (nSPS) is 18.0. The van der Waals surface area contributed by atoms with Crippen molar-refractivity contribution < 1.29 is 4.79 Å². The summed E-state index contributed by atoms with van der Waals surface area (Å²) in [5, 5.41) is 7.14. The highest BCUT2D eigenvalue weighted by molar-refractivity contribution is 6.30. The minimum absolute atomic E-state index is 0.0933. The third-order valence-electron chi connectivity index (χ3n) is 4.14. The summed E-state index contributed by atoms with van der Waals surface area (Å²) in [6, 6.07) is 8.22. The molecule has 21 heavy (non-hydrogen) atoms. The molecule has 116 valence electrons. The summed E-state index contributed by atoms with van der Waals surface area (Å²) in [6.07, 6.45) is 7.31. The molecule has 1 aromatic rings. The monoisotopic (exact) mass is 308 g/mol. The third-order valence-corrected chi connectivity index (χ3v) is 4.37. The van der Waals surface area contributed by atoms with Gasteiger partial charge in [0.05, 0.1) is 6.54 Å². The summed E-state index contributed by atoms with van der Waals surface area (Å²) in [5.74, 6) is 0.0933. The fourth-order valence-electron chi connectivity index (χ4n) is 2.84. The van der Waals surface area contributed by atoms with Crippen molar-refractivity contribution in [2.75, 3.05) is 6.54 Å².